The first-order valence-corrected chi connectivity index (χ1v) is 7.23. The van der Waals surface area contributed by atoms with Crippen molar-refractivity contribution in [3.8, 4) is 5.75 Å². The van der Waals surface area contributed by atoms with Gasteiger partial charge in [0.25, 0.3) is 0 Å². The third kappa shape index (κ3) is 3.73. The van der Waals surface area contributed by atoms with E-state index >= 15 is 0 Å². The minimum atomic E-state index is -0.250. The van der Waals surface area contributed by atoms with E-state index in [0.717, 1.165) is 27.9 Å². The highest BCUT2D eigenvalue weighted by atomic mass is 79.9. The Labute approximate surface area is 127 Å². The fraction of sp³-hybridized carbons (Fsp3) is 0.250. The molecule has 4 heteroatoms. The Morgan fingerprint density at radius 2 is 2.00 bits per heavy atom. The zero-order chi connectivity index (χ0) is 14.5. The molecule has 0 bridgehead atoms. The topological polar surface area (TPSA) is 21.3 Å². The average Bonchev–Trinajstić information content (AvgIpc) is 2.43. The van der Waals surface area contributed by atoms with E-state index in [2.05, 4.69) is 28.2 Å². The van der Waals surface area contributed by atoms with Gasteiger partial charge in [-0.1, -0.05) is 18.2 Å². The molecule has 0 saturated carbocycles. The second-order valence-corrected chi connectivity index (χ2v) is 5.54. The van der Waals surface area contributed by atoms with E-state index in [1.54, 1.807) is 13.2 Å². The third-order valence-electron chi connectivity index (χ3n) is 3.05. The molecule has 0 aliphatic carbocycles. The summed E-state index contributed by atoms with van der Waals surface area (Å²) in [6, 6.07) is 12.7. The number of hydrogen-bond donors (Lipinski definition) is 1. The molecule has 1 atom stereocenters. The highest BCUT2D eigenvalue weighted by Crippen LogP contribution is 2.25. The van der Waals surface area contributed by atoms with Crippen molar-refractivity contribution in [1.82, 2.24) is 0 Å². The number of rotatable bonds is 5. The lowest BCUT2D eigenvalue weighted by Crippen LogP contribution is -2.18. The smallest absolute Gasteiger partial charge is 0.125 e. The van der Waals surface area contributed by atoms with Gasteiger partial charge in [0.15, 0.2) is 0 Å². The van der Waals surface area contributed by atoms with Crippen LogP contribution in [0, 0.1) is 5.82 Å². The van der Waals surface area contributed by atoms with Crippen LogP contribution in [0.3, 0.4) is 0 Å². The molecule has 1 unspecified atom stereocenters. The fourth-order valence-electron chi connectivity index (χ4n) is 2.13. The maximum absolute atomic E-state index is 13.3. The molecule has 0 radical (unpaired) electrons. The van der Waals surface area contributed by atoms with Crippen molar-refractivity contribution in [2.45, 2.75) is 19.4 Å². The van der Waals surface area contributed by atoms with E-state index in [-0.39, 0.29) is 11.9 Å². The van der Waals surface area contributed by atoms with Crippen LogP contribution in [0.2, 0.25) is 0 Å². The van der Waals surface area contributed by atoms with Gasteiger partial charge in [0, 0.05) is 10.5 Å². The van der Waals surface area contributed by atoms with Crippen LogP contribution < -0.4 is 10.1 Å². The van der Waals surface area contributed by atoms with Gasteiger partial charge in [0.2, 0.25) is 0 Å². The van der Waals surface area contributed by atoms with E-state index in [1.807, 2.05) is 24.3 Å². The first kappa shape index (κ1) is 14.9. The average molecular weight is 338 g/mol. The summed E-state index contributed by atoms with van der Waals surface area (Å²) in [7, 11) is 1.67. The number of ether oxygens (including phenoxy) is 1. The molecule has 0 aliphatic heterocycles. The summed E-state index contributed by atoms with van der Waals surface area (Å²) in [5, 5.41) is 3.31. The second kappa shape index (κ2) is 6.75. The zero-order valence-electron chi connectivity index (χ0n) is 11.5. The highest BCUT2D eigenvalue weighted by molar-refractivity contribution is 9.10. The molecular formula is C16H17BrFNO. The van der Waals surface area contributed by atoms with Gasteiger partial charge in [-0.25, -0.2) is 4.39 Å². The van der Waals surface area contributed by atoms with Gasteiger partial charge in [0.05, 0.1) is 12.8 Å². The molecule has 0 spiro atoms. The number of halogens is 2. The van der Waals surface area contributed by atoms with Gasteiger partial charge in [-0.05, 0) is 59.1 Å². The maximum atomic E-state index is 13.3. The number of anilines is 1. The third-order valence-corrected chi connectivity index (χ3v) is 3.74. The molecule has 2 aromatic rings. The fourth-order valence-corrected chi connectivity index (χ4v) is 2.49. The van der Waals surface area contributed by atoms with Crippen molar-refractivity contribution in [1.29, 1.82) is 0 Å². The minimum absolute atomic E-state index is 0.157. The molecule has 2 nitrogen and oxygen atoms in total. The predicted octanol–water partition coefficient (Wildman–Crippen LogP) is 4.64. The van der Waals surface area contributed by atoms with Crippen LogP contribution in [-0.4, -0.2) is 13.2 Å². The molecule has 0 fully saturated rings. The predicted molar refractivity (Wildman–Crippen MR) is 83.9 cm³/mol. The van der Waals surface area contributed by atoms with Gasteiger partial charge < -0.3 is 10.1 Å². The molecule has 1 N–H and O–H groups in total. The normalized spacial score (nSPS) is 12.0. The molecular weight excluding hydrogens is 321 g/mol. The molecule has 106 valence electrons. The lowest BCUT2D eigenvalue weighted by Gasteiger charge is -2.18. The monoisotopic (exact) mass is 337 g/mol. The van der Waals surface area contributed by atoms with Gasteiger partial charge in [-0.15, -0.1) is 0 Å². The van der Waals surface area contributed by atoms with Crippen molar-refractivity contribution in [3.63, 3.8) is 0 Å². The summed E-state index contributed by atoms with van der Waals surface area (Å²) in [6.45, 7) is 2.06. The Hall–Kier alpha value is -1.55. The summed E-state index contributed by atoms with van der Waals surface area (Å²) in [4.78, 5) is 0. The van der Waals surface area contributed by atoms with Gasteiger partial charge in [-0.3, -0.25) is 0 Å². The SMILES string of the molecule is COc1ccccc1CC(C)Nc1cc(F)ccc1Br. The van der Waals surface area contributed by atoms with E-state index in [1.165, 1.54) is 12.1 Å². The van der Waals surface area contributed by atoms with E-state index in [9.17, 15) is 4.39 Å². The molecule has 2 aromatic carbocycles. The summed E-state index contributed by atoms with van der Waals surface area (Å²) < 4.78 is 19.5. The Kier molecular flexibility index (Phi) is 5.01. The second-order valence-electron chi connectivity index (χ2n) is 4.69. The number of nitrogens with one attached hydrogen (secondary N) is 1. The van der Waals surface area contributed by atoms with Crippen molar-refractivity contribution in [2.75, 3.05) is 12.4 Å². The minimum Gasteiger partial charge on any atom is -0.496 e. The standard InChI is InChI=1S/C16H17BrFNO/c1-11(9-12-5-3-4-6-16(12)20-2)19-15-10-13(18)7-8-14(15)17/h3-8,10-11,19H,9H2,1-2H3. The van der Waals surface area contributed by atoms with E-state index in [0.29, 0.717) is 0 Å². The Morgan fingerprint density at radius 1 is 1.25 bits per heavy atom. The zero-order valence-corrected chi connectivity index (χ0v) is 13.1. The quantitative estimate of drug-likeness (QED) is 0.858. The Bertz CT molecular complexity index is 588. The first-order chi connectivity index (χ1) is 9.60. The van der Waals surface area contributed by atoms with Gasteiger partial charge in [-0.2, -0.15) is 0 Å². The molecule has 0 heterocycles. The summed E-state index contributed by atoms with van der Waals surface area (Å²) in [5.74, 6) is 0.625. The van der Waals surface area contributed by atoms with Crippen LogP contribution in [0.4, 0.5) is 10.1 Å². The first-order valence-electron chi connectivity index (χ1n) is 6.43. The lowest BCUT2D eigenvalue weighted by molar-refractivity contribution is 0.409. The number of methoxy groups -OCH3 is 1. The van der Waals surface area contributed by atoms with Crippen molar-refractivity contribution in [3.05, 3.63) is 58.3 Å². The molecule has 0 saturated heterocycles. The van der Waals surface area contributed by atoms with E-state index in [4.69, 9.17) is 4.74 Å². The maximum Gasteiger partial charge on any atom is 0.125 e. The number of benzene rings is 2. The van der Waals surface area contributed by atoms with Crippen molar-refractivity contribution in [2.24, 2.45) is 0 Å². The van der Waals surface area contributed by atoms with Crippen LogP contribution in [0.25, 0.3) is 0 Å². The number of para-hydroxylation sites is 1. The van der Waals surface area contributed by atoms with Crippen LogP contribution in [0.5, 0.6) is 5.75 Å². The summed E-state index contributed by atoms with van der Waals surface area (Å²) >= 11 is 3.42. The lowest BCUT2D eigenvalue weighted by atomic mass is 10.1. The highest BCUT2D eigenvalue weighted by Gasteiger charge is 2.10. The van der Waals surface area contributed by atoms with Crippen LogP contribution in [0.15, 0.2) is 46.9 Å². The molecule has 0 aliphatic rings. The van der Waals surface area contributed by atoms with E-state index < -0.39 is 0 Å². The van der Waals surface area contributed by atoms with Crippen molar-refractivity contribution < 1.29 is 9.13 Å². The molecule has 20 heavy (non-hydrogen) atoms. The largest absolute Gasteiger partial charge is 0.496 e. The molecule has 0 aromatic heterocycles. The van der Waals surface area contributed by atoms with Crippen LogP contribution in [0.1, 0.15) is 12.5 Å². The Morgan fingerprint density at radius 3 is 2.75 bits per heavy atom. The van der Waals surface area contributed by atoms with Crippen LogP contribution in [-0.2, 0) is 6.42 Å². The number of hydrogen-bond acceptors (Lipinski definition) is 2. The molecule has 0 amide bonds. The van der Waals surface area contributed by atoms with Crippen LogP contribution >= 0.6 is 15.9 Å². The van der Waals surface area contributed by atoms with Gasteiger partial charge in [0.1, 0.15) is 11.6 Å². The summed E-state index contributed by atoms with van der Waals surface area (Å²) in [6.07, 6.45) is 0.799. The summed E-state index contributed by atoms with van der Waals surface area (Å²) in [5.41, 5.74) is 1.88. The van der Waals surface area contributed by atoms with Gasteiger partial charge >= 0.3 is 0 Å². The molecule has 2 rings (SSSR count). The van der Waals surface area contributed by atoms with Crippen molar-refractivity contribution >= 4 is 21.6 Å². The Balaban J connectivity index is 2.09.